The molecule has 0 aromatic carbocycles. The summed E-state index contributed by atoms with van der Waals surface area (Å²) >= 11 is 3.33. The number of carboxylic acid groups (broad SMARTS) is 1. The van der Waals surface area contributed by atoms with E-state index in [-0.39, 0.29) is 19.7 Å². The molecule has 18 heavy (non-hydrogen) atoms. The zero-order chi connectivity index (χ0) is 13.3. The molecule has 1 aromatic heterocycles. The van der Waals surface area contributed by atoms with Gasteiger partial charge in [0.1, 0.15) is 16.9 Å². The third-order valence-corrected chi connectivity index (χ3v) is 3.88. The Morgan fingerprint density at radius 1 is 1.72 bits per heavy atom. The van der Waals surface area contributed by atoms with Crippen molar-refractivity contribution in [3.8, 4) is 0 Å². The number of ether oxygens (including phenoxy) is 1. The third-order valence-electron chi connectivity index (χ3n) is 2.86. The van der Waals surface area contributed by atoms with Gasteiger partial charge in [-0.15, -0.1) is 0 Å². The Morgan fingerprint density at radius 2 is 2.44 bits per heavy atom. The Kier molecular flexibility index (Phi) is 3.86. The molecule has 8 heteroatoms. The molecule has 0 spiro atoms. The summed E-state index contributed by atoms with van der Waals surface area (Å²) in [4.78, 5) is 11.7. The van der Waals surface area contributed by atoms with Gasteiger partial charge in [0, 0.05) is 12.6 Å². The summed E-state index contributed by atoms with van der Waals surface area (Å²) in [7, 11) is 1.77. The molecule has 1 aliphatic rings. The third kappa shape index (κ3) is 2.64. The Balaban J connectivity index is 1.91. The highest BCUT2D eigenvalue weighted by atomic mass is 79.9. The molecule has 0 aliphatic carbocycles. The lowest BCUT2D eigenvalue weighted by Crippen LogP contribution is -2.28. The number of halogens is 2. The van der Waals surface area contributed by atoms with E-state index in [1.165, 1.54) is 0 Å². The first-order valence-corrected chi connectivity index (χ1v) is 6.18. The quantitative estimate of drug-likeness (QED) is 0.913. The van der Waals surface area contributed by atoms with Crippen LogP contribution in [0.5, 0.6) is 0 Å². The molecule has 100 valence electrons. The van der Waals surface area contributed by atoms with Crippen molar-refractivity contribution < 1.29 is 19.0 Å². The predicted molar refractivity (Wildman–Crippen MR) is 64.0 cm³/mol. The van der Waals surface area contributed by atoms with Gasteiger partial charge in [-0.3, -0.25) is 4.68 Å². The summed E-state index contributed by atoms with van der Waals surface area (Å²) in [5.41, 5.74) is 0.804. The summed E-state index contributed by atoms with van der Waals surface area (Å²) < 4.78 is 21.4. The molecule has 0 saturated carbocycles. The molecule has 0 unspecified atom stereocenters. The molecule has 1 N–H and O–H groups in total. The second-order valence-electron chi connectivity index (χ2n) is 4.14. The smallest absolute Gasteiger partial charge is 0.407 e. The van der Waals surface area contributed by atoms with E-state index in [2.05, 4.69) is 21.0 Å². The maximum absolute atomic E-state index is 13.5. The molecule has 6 nitrogen and oxygen atoms in total. The van der Waals surface area contributed by atoms with Crippen LogP contribution in [0.15, 0.2) is 10.8 Å². The van der Waals surface area contributed by atoms with E-state index < -0.39 is 18.4 Å². The average molecular weight is 322 g/mol. The van der Waals surface area contributed by atoms with Crippen molar-refractivity contribution in [1.29, 1.82) is 0 Å². The highest BCUT2D eigenvalue weighted by Gasteiger charge is 2.36. The van der Waals surface area contributed by atoms with Crippen LogP contribution in [0, 0.1) is 0 Å². The van der Waals surface area contributed by atoms with Crippen LogP contribution in [-0.4, -0.2) is 51.2 Å². The molecule has 0 bridgehead atoms. The number of nitrogens with zero attached hydrogens (tertiary/aromatic N) is 3. The van der Waals surface area contributed by atoms with Gasteiger partial charge in [0.05, 0.1) is 25.9 Å². The highest BCUT2D eigenvalue weighted by molar-refractivity contribution is 9.10. The van der Waals surface area contributed by atoms with Crippen LogP contribution in [0.1, 0.15) is 5.56 Å². The minimum Gasteiger partial charge on any atom is -0.465 e. The molecule has 2 atom stereocenters. The number of hydrogen-bond acceptors (Lipinski definition) is 3. The largest absolute Gasteiger partial charge is 0.465 e. The highest BCUT2D eigenvalue weighted by Crippen LogP contribution is 2.21. The summed E-state index contributed by atoms with van der Waals surface area (Å²) in [6.07, 6.45) is -1.49. The molecule has 1 amide bonds. The van der Waals surface area contributed by atoms with Crippen LogP contribution in [0.3, 0.4) is 0 Å². The van der Waals surface area contributed by atoms with E-state index >= 15 is 0 Å². The van der Waals surface area contributed by atoms with Gasteiger partial charge < -0.3 is 14.7 Å². The fraction of sp³-hybridized carbons (Fsp3) is 0.600. The summed E-state index contributed by atoms with van der Waals surface area (Å²) in [6.45, 7) is 0.134. The van der Waals surface area contributed by atoms with Gasteiger partial charge in [-0.05, 0) is 15.9 Å². The van der Waals surface area contributed by atoms with Gasteiger partial charge in [0.2, 0.25) is 0 Å². The zero-order valence-electron chi connectivity index (χ0n) is 9.71. The summed E-state index contributed by atoms with van der Waals surface area (Å²) in [5, 5.41) is 12.8. The van der Waals surface area contributed by atoms with E-state index in [9.17, 15) is 9.18 Å². The molecule has 1 aliphatic heterocycles. The van der Waals surface area contributed by atoms with E-state index in [0.717, 1.165) is 15.1 Å². The number of rotatable bonds is 3. The van der Waals surface area contributed by atoms with Crippen LogP contribution in [0.25, 0.3) is 0 Å². The van der Waals surface area contributed by atoms with Gasteiger partial charge in [-0.25, -0.2) is 9.18 Å². The normalized spacial score (nSPS) is 23.6. The van der Waals surface area contributed by atoms with Gasteiger partial charge >= 0.3 is 6.09 Å². The number of likely N-dealkylation sites (tertiary alicyclic amines) is 1. The molecule has 2 rings (SSSR count). The first kappa shape index (κ1) is 13.3. The monoisotopic (exact) mass is 321 g/mol. The molecular formula is C10H13BrFN3O3. The SMILES string of the molecule is Cn1ncc(CO[C@@H]2CN(C(=O)O)C[C@H]2F)c1Br. The van der Waals surface area contributed by atoms with Crippen LogP contribution in [-0.2, 0) is 18.4 Å². The van der Waals surface area contributed by atoms with Crippen molar-refractivity contribution in [2.45, 2.75) is 18.9 Å². The summed E-state index contributed by atoms with van der Waals surface area (Å²) in [5.74, 6) is 0. The van der Waals surface area contributed by atoms with Gasteiger partial charge in [0.25, 0.3) is 0 Å². The van der Waals surface area contributed by atoms with Crippen molar-refractivity contribution in [2.75, 3.05) is 13.1 Å². The van der Waals surface area contributed by atoms with Crippen LogP contribution in [0.4, 0.5) is 9.18 Å². The fourth-order valence-electron chi connectivity index (χ4n) is 1.81. The molecular weight excluding hydrogens is 309 g/mol. The molecule has 1 fully saturated rings. The minimum atomic E-state index is -1.28. The van der Waals surface area contributed by atoms with Crippen molar-refractivity contribution >= 4 is 22.0 Å². The number of aromatic nitrogens is 2. The van der Waals surface area contributed by atoms with Gasteiger partial charge in [-0.1, -0.05) is 0 Å². The molecule has 0 radical (unpaired) electrons. The molecule has 1 saturated heterocycles. The van der Waals surface area contributed by atoms with Crippen molar-refractivity contribution in [3.63, 3.8) is 0 Å². The minimum absolute atomic E-state index is 0.0639. The Morgan fingerprint density at radius 3 is 2.94 bits per heavy atom. The Bertz CT molecular complexity index is 454. The molecule has 1 aromatic rings. The lowest BCUT2D eigenvalue weighted by atomic mass is 10.3. The number of hydrogen-bond donors (Lipinski definition) is 1. The van der Waals surface area contributed by atoms with Crippen LogP contribution >= 0.6 is 15.9 Å². The topological polar surface area (TPSA) is 67.6 Å². The van der Waals surface area contributed by atoms with Crippen molar-refractivity contribution in [1.82, 2.24) is 14.7 Å². The van der Waals surface area contributed by atoms with E-state index in [1.807, 2.05) is 0 Å². The lowest BCUT2D eigenvalue weighted by molar-refractivity contribution is 0.0115. The number of carbonyl (C=O) groups is 1. The van der Waals surface area contributed by atoms with Crippen LogP contribution in [0.2, 0.25) is 0 Å². The first-order chi connectivity index (χ1) is 8.49. The van der Waals surface area contributed by atoms with Crippen LogP contribution < -0.4 is 0 Å². The molecule has 2 heterocycles. The Hall–Kier alpha value is -1.15. The van der Waals surface area contributed by atoms with E-state index in [1.54, 1.807) is 17.9 Å². The second kappa shape index (κ2) is 5.23. The van der Waals surface area contributed by atoms with Crippen molar-refractivity contribution in [2.24, 2.45) is 7.05 Å². The number of alkyl halides is 1. The maximum atomic E-state index is 13.5. The van der Waals surface area contributed by atoms with E-state index in [4.69, 9.17) is 9.84 Å². The summed E-state index contributed by atoms with van der Waals surface area (Å²) in [6, 6.07) is 0. The average Bonchev–Trinajstić information content (AvgIpc) is 2.83. The maximum Gasteiger partial charge on any atom is 0.407 e. The lowest BCUT2D eigenvalue weighted by Gasteiger charge is -2.13. The van der Waals surface area contributed by atoms with Gasteiger partial charge in [0.15, 0.2) is 0 Å². The predicted octanol–water partition coefficient (Wildman–Crippen LogP) is 1.40. The second-order valence-corrected chi connectivity index (χ2v) is 4.89. The zero-order valence-corrected chi connectivity index (χ0v) is 11.3. The first-order valence-electron chi connectivity index (χ1n) is 5.39. The Labute approximate surface area is 111 Å². The number of amides is 1. The standard InChI is InChI=1S/C10H13BrFN3O3/c1-14-9(11)6(2-13-14)5-18-8-4-15(10(16)17)3-7(8)12/h2,7-8H,3-5H2,1H3,(H,16,17)/t7-,8-/m1/s1. The fourth-order valence-corrected chi connectivity index (χ4v) is 2.12. The van der Waals surface area contributed by atoms with E-state index in [0.29, 0.717) is 0 Å². The van der Waals surface area contributed by atoms with Crippen molar-refractivity contribution in [3.05, 3.63) is 16.4 Å². The van der Waals surface area contributed by atoms with Gasteiger partial charge in [-0.2, -0.15) is 5.10 Å². The number of aryl methyl sites for hydroxylation is 1.